The van der Waals surface area contributed by atoms with Gasteiger partial charge in [-0.3, -0.25) is 0 Å². The van der Waals surface area contributed by atoms with E-state index in [-0.39, 0.29) is 23.3 Å². The summed E-state index contributed by atoms with van der Waals surface area (Å²) >= 11 is 0. The molecule has 1 aliphatic rings. The average Bonchev–Trinajstić information content (AvgIpc) is 3.57. The quantitative estimate of drug-likeness (QED) is 0.233. The molecule has 1 aliphatic carbocycles. The van der Waals surface area contributed by atoms with Gasteiger partial charge in [-0.15, -0.1) is 5.73 Å². The van der Waals surface area contributed by atoms with Crippen molar-refractivity contribution in [3.8, 4) is 22.3 Å². The zero-order valence-electron chi connectivity index (χ0n) is 18.9. The largest absolute Gasteiger partial charge is 0.396 e. The van der Waals surface area contributed by atoms with E-state index in [0.29, 0.717) is 11.5 Å². The molecule has 162 valence electrons. The summed E-state index contributed by atoms with van der Waals surface area (Å²) in [6.45, 7) is 12.0. The molecule has 2 heteroatoms. The molecular formula is C30H30FN. The van der Waals surface area contributed by atoms with E-state index < -0.39 is 0 Å². The van der Waals surface area contributed by atoms with Crippen LogP contribution in [0.3, 0.4) is 0 Å². The molecule has 2 atom stereocenters. The van der Waals surface area contributed by atoms with Crippen LogP contribution in [0, 0.1) is 17.7 Å². The van der Waals surface area contributed by atoms with Crippen molar-refractivity contribution in [2.45, 2.75) is 32.6 Å². The Labute approximate surface area is 190 Å². The molecule has 0 radical (unpaired) electrons. The van der Waals surface area contributed by atoms with Crippen molar-refractivity contribution in [1.82, 2.24) is 0 Å². The molecule has 4 rings (SSSR count). The Morgan fingerprint density at radius 1 is 1.03 bits per heavy atom. The van der Waals surface area contributed by atoms with Crippen molar-refractivity contribution in [2.75, 3.05) is 5.73 Å². The van der Waals surface area contributed by atoms with E-state index >= 15 is 4.39 Å². The average molecular weight is 424 g/mol. The van der Waals surface area contributed by atoms with Crippen LogP contribution in [-0.4, -0.2) is 0 Å². The highest BCUT2D eigenvalue weighted by molar-refractivity contribution is 5.79. The first-order valence-electron chi connectivity index (χ1n) is 11.2. The van der Waals surface area contributed by atoms with Crippen LogP contribution in [0.4, 0.5) is 10.1 Å². The summed E-state index contributed by atoms with van der Waals surface area (Å²) in [6.07, 6.45) is 3.72. The maximum atomic E-state index is 15.2. The Kier molecular flexibility index (Phi) is 6.17. The number of hydrogen-bond acceptors (Lipinski definition) is 1. The van der Waals surface area contributed by atoms with Gasteiger partial charge in [-0.25, -0.2) is 4.39 Å². The number of nitrogen functional groups attached to an aromatic ring is 1. The van der Waals surface area contributed by atoms with Crippen molar-refractivity contribution in [3.05, 3.63) is 108 Å². The third-order valence-electron chi connectivity index (χ3n) is 6.35. The topological polar surface area (TPSA) is 26.0 Å². The first-order valence-corrected chi connectivity index (χ1v) is 11.2. The molecule has 32 heavy (non-hydrogen) atoms. The second kappa shape index (κ2) is 9.02. The Morgan fingerprint density at radius 3 is 2.19 bits per heavy atom. The summed E-state index contributed by atoms with van der Waals surface area (Å²) in [5.74, 6) is 0.684. The van der Waals surface area contributed by atoms with Gasteiger partial charge >= 0.3 is 0 Å². The Bertz CT molecular complexity index is 1180. The standard InChI is InChI=1S/C30H30FN/c1-5-21(6-2)27-18-28(27)26-16-15-25(30(32)29(26)31)24-13-11-23(12-14-24)22-9-7-20(8-10-22)17-19(3)4/h5,7-16,19,27-28H,1-2,17-18,32H2,3-4H3. The SMILES string of the molecule is C=C=C(C=C)C1CC1c1ccc(-c2ccc(-c3ccc(CC(C)C)cc3)cc2)c(N)c1F. The zero-order valence-corrected chi connectivity index (χ0v) is 18.9. The highest BCUT2D eigenvalue weighted by atomic mass is 19.1. The predicted octanol–water partition coefficient (Wildman–Crippen LogP) is 7.94. The fourth-order valence-electron chi connectivity index (χ4n) is 4.53. The minimum absolute atomic E-state index is 0.120. The minimum atomic E-state index is -0.313. The maximum Gasteiger partial charge on any atom is 0.150 e. The fraction of sp³-hybridized carbons (Fsp3) is 0.233. The molecule has 0 amide bonds. The molecule has 0 aromatic heterocycles. The number of benzene rings is 3. The fourth-order valence-corrected chi connectivity index (χ4v) is 4.53. The van der Waals surface area contributed by atoms with E-state index in [9.17, 15) is 0 Å². The summed E-state index contributed by atoms with van der Waals surface area (Å²) in [5, 5.41) is 0. The molecule has 0 saturated heterocycles. The Balaban J connectivity index is 1.55. The van der Waals surface area contributed by atoms with E-state index in [2.05, 4.69) is 69.1 Å². The lowest BCUT2D eigenvalue weighted by Crippen LogP contribution is -2.00. The van der Waals surface area contributed by atoms with Gasteiger partial charge in [-0.1, -0.05) is 93.7 Å². The van der Waals surface area contributed by atoms with Crippen LogP contribution in [0.25, 0.3) is 22.3 Å². The molecule has 0 aliphatic heterocycles. The number of halogens is 1. The second-order valence-corrected chi connectivity index (χ2v) is 9.09. The molecule has 1 saturated carbocycles. The number of anilines is 1. The van der Waals surface area contributed by atoms with Gasteiger partial charge in [0.15, 0.2) is 0 Å². The van der Waals surface area contributed by atoms with Gasteiger partial charge in [-0.05, 0) is 64.0 Å². The molecule has 0 heterocycles. The first-order chi connectivity index (χ1) is 15.4. The molecule has 2 unspecified atom stereocenters. The van der Waals surface area contributed by atoms with Gasteiger partial charge in [0.25, 0.3) is 0 Å². The minimum Gasteiger partial charge on any atom is -0.396 e. The zero-order chi connectivity index (χ0) is 22.8. The van der Waals surface area contributed by atoms with Crippen LogP contribution in [0.2, 0.25) is 0 Å². The molecule has 0 spiro atoms. The van der Waals surface area contributed by atoms with Crippen LogP contribution < -0.4 is 5.73 Å². The van der Waals surface area contributed by atoms with E-state index in [1.165, 1.54) is 11.1 Å². The van der Waals surface area contributed by atoms with E-state index in [4.69, 9.17) is 5.73 Å². The van der Waals surface area contributed by atoms with Crippen LogP contribution in [-0.2, 0) is 6.42 Å². The number of allylic oxidation sites excluding steroid dienone is 2. The summed E-state index contributed by atoms with van der Waals surface area (Å²) in [6, 6.07) is 20.7. The molecule has 3 aromatic rings. The highest BCUT2D eigenvalue weighted by Crippen LogP contribution is 2.53. The van der Waals surface area contributed by atoms with E-state index in [0.717, 1.165) is 35.1 Å². The third-order valence-corrected chi connectivity index (χ3v) is 6.35. The van der Waals surface area contributed by atoms with Crippen LogP contribution in [0.1, 0.15) is 37.3 Å². The summed E-state index contributed by atoms with van der Waals surface area (Å²) < 4.78 is 15.2. The summed E-state index contributed by atoms with van der Waals surface area (Å²) in [4.78, 5) is 0. The number of rotatable bonds is 7. The first kappa shape index (κ1) is 21.9. The lowest BCUT2D eigenvalue weighted by Gasteiger charge is -2.12. The predicted molar refractivity (Wildman–Crippen MR) is 134 cm³/mol. The van der Waals surface area contributed by atoms with Gasteiger partial charge < -0.3 is 5.73 Å². The van der Waals surface area contributed by atoms with Crippen molar-refractivity contribution in [2.24, 2.45) is 11.8 Å². The molecular weight excluding hydrogens is 393 g/mol. The molecule has 0 bridgehead atoms. The van der Waals surface area contributed by atoms with Crippen molar-refractivity contribution < 1.29 is 4.39 Å². The number of nitrogens with two attached hydrogens (primary N) is 1. The van der Waals surface area contributed by atoms with E-state index in [1.54, 1.807) is 6.08 Å². The summed E-state index contributed by atoms with van der Waals surface area (Å²) in [7, 11) is 0. The maximum absolute atomic E-state index is 15.2. The number of hydrogen-bond donors (Lipinski definition) is 1. The van der Waals surface area contributed by atoms with Crippen molar-refractivity contribution >= 4 is 5.69 Å². The lowest BCUT2D eigenvalue weighted by molar-refractivity contribution is 0.614. The summed E-state index contributed by atoms with van der Waals surface area (Å²) in [5.41, 5.74) is 16.3. The van der Waals surface area contributed by atoms with Crippen LogP contribution in [0.5, 0.6) is 0 Å². The monoisotopic (exact) mass is 423 g/mol. The Morgan fingerprint density at radius 2 is 1.62 bits per heavy atom. The lowest BCUT2D eigenvalue weighted by atomic mass is 9.95. The van der Waals surface area contributed by atoms with Crippen LogP contribution in [0.15, 0.2) is 91.2 Å². The van der Waals surface area contributed by atoms with Crippen molar-refractivity contribution in [3.63, 3.8) is 0 Å². The smallest absolute Gasteiger partial charge is 0.150 e. The highest BCUT2D eigenvalue weighted by Gasteiger charge is 2.42. The van der Waals surface area contributed by atoms with E-state index in [1.807, 2.05) is 24.3 Å². The molecule has 1 fully saturated rings. The van der Waals surface area contributed by atoms with Crippen molar-refractivity contribution in [1.29, 1.82) is 0 Å². The van der Waals surface area contributed by atoms with Gasteiger partial charge in [0.05, 0.1) is 5.69 Å². The Hall–Kier alpha value is -3.35. The van der Waals surface area contributed by atoms with Gasteiger partial charge in [0.1, 0.15) is 5.82 Å². The van der Waals surface area contributed by atoms with Gasteiger partial charge in [0.2, 0.25) is 0 Å². The van der Waals surface area contributed by atoms with Gasteiger partial charge in [-0.2, -0.15) is 0 Å². The second-order valence-electron chi connectivity index (χ2n) is 9.09. The van der Waals surface area contributed by atoms with Crippen LogP contribution >= 0.6 is 0 Å². The molecule has 2 N–H and O–H groups in total. The third kappa shape index (κ3) is 4.33. The molecule has 1 nitrogen and oxygen atoms in total. The van der Waals surface area contributed by atoms with Gasteiger partial charge in [0, 0.05) is 5.56 Å². The normalized spacial score (nSPS) is 17.1. The molecule has 3 aromatic carbocycles.